The first-order valence-electron chi connectivity index (χ1n) is 8.84. The zero-order valence-corrected chi connectivity index (χ0v) is 16.8. The number of ether oxygens (including phenoxy) is 2. The number of carbonyl (C=O) groups is 2. The van der Waals surface area contributed by atoms with Crippen LogP contribution >= 0.6 is 23.2 Å². The van der Waals surface area contributed by atoms with Crippen molar-refractivity contribution in [2.45, 2.75) is 51.0 Å². The molecule has 152 valence electrons. The van der Waals surface area contributed by atoms with Crippen molar-refractivity contribution in [2.24, 2.45) is 0 Å². The van der Waals surface area contributed by atoms with Gasteiger partial charge < -0.3 is 14.8 Å². The van der Waals surface area contributed by atoms with Crippen molar-refractivity contribution in [2.75, 3.05) is 6.61 Å². The molecule has 0 atom stereocenters. The van der Waals surface area contributed by atoms with Gasteiger partial charge in [-0.05, 0) is 44.4 Å². The Morgan fingerprint density at radius 2 is 1.86 bits per heavy atom. The topological polar surface area (TPSA) is 64.6 Å². The van der Waals surface area contributed by atoms with Gasteiger partial charge in [0.1, 0.15) is 0 Å². The first kappa shape index (κ1) is 20.9. The van der Waals surface area contributed by atoms with E-state index in [0.717, 1.165) is 0 Å². The van der Waals surface area contributed by atoms with E-state index in [2.05, 4.69) is 5.32 Å². The van der Waals surface area contributed by atoms with E-state index in [1.165, 1.54) is 6.07 Å². The molecule has 1 aliphatic heterocycles. The Balaban J connectivity index is 2.15. The molecule has 1 saturated carbocycles. The lowest BCUT2D eigenvalue weighted by atomic mass is 9.78. The van der Waals surface area contributed by atoms with Crippen LogP contribution in [-0.2, 0) is 14.3 Å². The van der Waals surface area contributed by atoms with Crippen molar-refractivity contribution in [1.82, 2.24) is 5.32 Å². The van der Waals surface area contributed by atoms with Crippen LogP contribution in [0.2, 0.25) is 10.0 Å². The van der Waals surface area contributed by atoms with Crippen molar-refractivity contribution < 1.29 is 27.8 Å². The molecule has 28 heavy (non-hydrogen) atoms. The summed E-state index contributed by atoms with van der Waals surface area (Å²) in [4.78, 5) is 24.9. The van der Waals surface area contributed by atoms with Crippen molar-refractivity contribution in [1.29, 1.82) is 0 Å². The summed E-state index contributed by atoms with van der Waals surface area (Å²) in [5.41, 5.74) is -0.240. The fourth-order valence-electron chi connectivity index (χ4n) is 3.70. The smallest absolute Gasteiger partial charge is 0.434 e. The first-order valence-corrected chi connectivity index (χ1v) is 9.60. The highest BCUT2D eigenvalue weighted by Crippen LogP contribution is 2.48. The second kappa shape index (κ2) is 7.52. The fourth-order valence-corrected chi connectivity index (χ4v) is 4.39. The Kier molecular flexibility index (Phi) is 5.60. The van der Waals surface area contributed by atoms with Crippen LogP contribution in [0.25, 0.3) is 5.57 Å². The maximum atomic E-state index is 13.7. The molecule has 0 unspecified atom stereocenters. The molecular weight excluding hydrogens is 415 g/mol. The third-order valence-electron chi connectivity index (χ3n) is 5.03. The summed E-state index contributed by atoms with van der Waals surface area (Å²) >= 11 is 12.3. The number of amides is 1. The van der Waals surface area contributed by atoms with E-state index in [1.54, 1.807) is 19.9 Å². The van der Waals surface area contributed by atoms with Crippen molar-refractivity contribution in [3.63, 3.8) is 0 Å². The van der Waals surface area contributed by atoms with E-state index in [-0.39, 0.29) is 35.8 Å². The molecule has 3 rings (SSSR count). The second-order valence-corrected chi connectivity index (χ2v) is 7.80. The van der Waals surface area contributed by atoms with Gasteiger partial charge in [0.2, 0.25) is 5.92 Å². The molecule has 1 heterocycles. The standard InChI is InChI=1S/C19H19Cl2F2NO4/c1-3-27-17(26)28-15-14(13-10(2)8-11(20)9-12(13)21)16(25)24-18(15)4-6-19(22,23)7-5-18/h8-9H,3-7H2,1-2H3,(H,24,25). The normalized spacial score (nSPS) is 20.3. The molecule has 1 N–H and O–H groups in total. The molecule has 9 heteroatoms. The minimum Gasteiger partial charge on any atom is -0.434 e. The minimum atomic E-state index is -2.83. The van der Waals surface area contributed by atoms with E-state index in [4.69, 9.17) is 32.7 Å². The molecule has 1 fully saturated rings. The summed E-state index contributed by atoms with van der Waals surface area (Å²) in [6.07, 6.45) is -2.04. The second-order valence-electron chi connectivity index (χ2n) is 6.96. The summed E-state index contributed by atoms with van der Waals surface area (Å²) < 4.78 is 37.7. The van der Waals surface area contributed by atoms with Crippen LogP contribution in [0.5, 0.6) is 0 Å². The van der Waals surface area contributed by atoms with E-state index in [9.17, 15) is 18.4 Å². The number of benzene rings is 1. The van der Waals surface area contributed by atoms with Crippen LogP contribution < -0.4 is 5.32 Å². The van der Waals surface area contributed by atoms with Gasteiger partial charge in [0, 0.05) is 23.4 Å². The first-order chi connectivity index (χ1) is 13.1. The number of alkyl halides is 2. The molecule has 1 amide bonds. The predicted octanol–water partition coefficient (Wildman–Crippen LogP) is 5.26. The van der Waals surface area contributed by atoms with Gasteiger partial charge >= 0.3 is 6.16 Å². The van der Waals surface area contributed by atoms with Gasteiger partial charge in [0.25, 0.3) is 5.91 Å². The number of carbonyl (C=O) groups excluding carboxylic acids is 2. The molecule has 1 spiro atoms. The highest BCUT2D eigenvalue weighted by atomic mass is 35.5. The van der Waals surface area contributed by atoms with E-state index in [1.807, 2.05) is 0 Å². The Bertz CT molecular complexity index is 836. The molecule has 0 saturated heterocycles. The maximum absolute atomic E-state index is 13.7. The van der Waals surface area contributed by atoms with Crippen LogP contribution in [0.1, 0.15) is 43.7 Å². The van der Waals surface area contributed by atoms with Gasteiger partial charge in [0.05, 0.1) is 22.7 Å². The van der Waals surface area contributed by atoms with Crippen molar-refractivity contribution >= 4 is 40.8 Å². The number of halogens is 4. The monoisotopic (exact) mass is 433 g/mol. The predicted molar refractivity (Wildman–Crippen MR) is 101 cm³/mol. The summed E-state index contributed by atoms with van der Waals surface area (Å²) in [5, 5.41) is 3.32. The van der Waals surface area contributed by atoms with Crippen LogP contribution in [0.4, 0.5) is 13.6 Å². The zero-order valence-electron chi connectivity index (χ0n) is 15.3. The van der Waals surface area contributed by atoms with E-state index in [0.29, 0.717) is 16.1 Å². The summed E-state index contributed by atoms with van der Waals surface area (Å²) in [6.45, 7) is 3.37. The molecule has 2 aliphatic rings. The SMILES string of the molecule is CCOC(=O)OC1=C(c2c(C)cc(Cl)cc2Cl)C(=O)NC12CCC(F)(F)CC2. The van der Waals surface area contributed by atoms with Crippen LogP contribution in [0, 0.1) is 6.92 Å². The van der Waals surface area contributed by atoms with Gasteiger partial charge in [0.15, 0.2) is 5.76 Å². The van der Waals surface area contributed by atoms with Crippen LogP contribution in [0.3, 0.4) is 0 Å². The minimum absolute atomic E-state index is 0.0289. The molecule has 5 nitrogen and oxygen atoms in total. The highest BCUT2D eigenvalue weighted by molar-refractivity contribution is 6.38. The fraction of sp³-hybridized carbons (Fsp3) is 0.474. The van der Waals surface area contributed by atoms with Gasteiger partial charge in [-0.2, -0.15) is 0 Å². The van der Waals surface area contributed by atoms with Gasteiger partial charge in [-0.3, -0.25) is 4.79 Å². The number of hydrogen-bond acceptors (Lipinski definition) is 4. The van der Waals surface area contributed by atoms with Gasteiger partial charge in [-0.15, -0.1) is 0 Å². The number of rotatable bonds is 3. The molecule has 1 aromatic rings. The summed E-state index contributed by atoms with van der Waals surface area (Å²) in [6, 6.07) is 3.08. The Morgan fingerprint density at radius 3 is 2.43 bits per heavy atom. The molecule has 1 aromatic carbocycles. The average molecular weight is 434 g/mol. The molecular formula is C19H19Cl2F2NO4. The zero-order chi connectivity index (χ0) is 20.7. The van der Waals surface area contributed by atoms with E-state index >= 15 is 0 Å². The number of aryl methyl sites for hydroxylation is 1. The number of nitrogens with one attached hydrogen (secondary N) is 1. The quantitative estimate of drug-likeness (QED) is 0.659. The van der Waals surface area contributed by atoms with Crippen molar-refractivity contribution in [3.05, 3.63) is 39.1 Å². The highest BCUT2D eigenvalue weighted by Gasteiger charge is 2.53. The lowest BCUT2D eigenvalue weighted by Crippen LogP contribution is -2.50. The average Bonchev–Trinajstić information content (AvgIpc) is 2.83. The Morgan fingerprint density at radius 1 is 1.21 bits per heavy atom. The molecule has 0 bridgehead atoms. The van der Waals surface area contributed by atoms with Gasteiger partial charge in [-0.1, -0.05) is 23.2 Å². The van der Waals surface area contributed by atoms with E-state index < -0.39 is 36.4 Å². The Hall–Kier alpha value is -1.86. The van der Waals surface area contributed by atoms with Crippen LogP contribution in [-0.4, -0.2) is 30.1 Å². The molecule has 1 aliphatic carbocycles. The maximum Gasteiger partial charge on any atom is 0.513 e. The molecule has 0 aromatic heterocycles. The third-order valence-corrected chi connectivity index (χ3v) is 5.54. The van der Waals surface area contributed by atoms with Crippen molar-refractivity contribution in [3.8, 4) is 0 Å². The summed E-state index contributed by atoms with van der Waals surface area (Å²) in [7, 11) is 0. The lowest BCUT2D eigenvalue weighted by molar-refractivity contribution is -0.118. The Labute approximate surface area is 171 Å². The molecule has 0 radical (unpaired) electrons. The largest absolute Gasteiger partial charge is 0.513 e. The number of hydrogen-bond donors (Lipinski definition) is 1. The summed E-state index contributed by atoms with van der Waals surface area (Å²) in [5.74, 6) is -3.41. The third kappa shape index (κ3) is 3.82. The van der Waals surface area contributed by atoms with Gasteiger partial charge in [-0.25, -0.2) is 13.6 Å². The lowest BCUT2D eigenvalue weighted by Gasteiger charge is -2.37. The van der Waals surface area contributed by atoms with Crippen LogP contribution in [0.15, 0.2) is 17.9 Å².